The highest BCUT2D eigenvalue weighted by Gasteiger charge is 2.09. The molecule has 0 aliphatic heterocycles. The number of rotatable bonds is 4. The molecule has 14 heavy (non-hydrogen) atoms. The van der Waals surface area contributed by atoms with Crippen molar-refractivity contribution in [2.75, 3.05) is 7.11 Å². The number of carbonyl (C=O) groups excluding carboxylic acids is 1. The summed E-state index contributed by atoms with van der Waals surface area (Å²) in [6.45, 7) is 1.89. The minimum absolute atomic E-state index is 0.0616. The maximum absolute atomic E-state index is 10.7. The summed E-state index contributed by atoms with van der Waals surface area (Å²) in [6, 6.07) is 5.76. The van der Waals surface area contributed by atoms with Crippen LogP contribution in [0.15, 0.2) is 18.2 Å². The molecule has 0 radical (unpaired) electrons. The van der Waals surface area contributed by atoms with E-state index in [1.54, 1.807) is 7.11 Å². The minimum atomic E-state index is -0.0616. The number of aldehydes is 1. The third-order valence-electron chi connectivity index (χ3n) is 2.19. The number of alkyl halides is 1. The molecule has 0 aromatic heterocycles. The first-order valence-corrected chi connectivity index (χ1v) is 5.53. The van der Waals surface area contributed by atoms with Crippen molar-refractivity contribution in [2.24, 2.45) is 0 Å². The molecule has 0 saturated heterocycles. The molecule has 0 N–H and O–H groups in total. The topological polar surface area (TPSA) is 26.3 Å². The Morgan fingerprint density at radius 2 is 2.29 bits per heavy atom. The molecule has 0 aliphatic carbocycles. The van der Waals surface area contributed by atoms with Crippen molar-refractivity contribution in [3.63, 3.8) is 0 Å². The van der Waals surface area contributed by atoms with E-state index in [2.05, 4.69) is 15.9 Å². The number of benzene rings is 1. The lowest BCUT2D eigenvalue weighted by molar-refractivity contribution is -0.108. The van der Waals surface area contributed by atoms with Crippen molar-refractivity contribution < 1.29 is 9.53 Å². The summed E-state index contributed by atoms with van der Waals surface area (Å²) in [4.78, 5) is 10.7. The fourth-order valence-electron chi connectivity index (χ4n) is 1.34. The summed E-state index contributed by atoms with van der Waals surface area (Å²) in [5, 5.41) is 0.734. The Hall–Kier alpha value is -0.830. The van der Waals surface area contributed by atoms with Crippen LogP contribution in [0.5, 0.6) is 5.75 Å². The van der Waals surface area contributed by atoms with Gasteiger partial charge in [-0.3, -0.25) is 0 Å². The monoisotopic (exact) mass is 256 g/mol. The van der Waals surface area contributed by atoms with Gasteiger partial charge in [-0.1, -0.05) is 28.9 Å². The van der Waals surface area contributed by atoms with Crippen LogP contribution in [-0.2, 0) is 10.1 Å². The van der Waals surface area contributed by atoms with Gasteiger partial charge in [0.2, 0.25) is 0 Å². The second kappa shape index (κ2) is 5.15. The highest BCUT2D eigenvalue weighted by Crippen LogP contribution is 2.25. The third-order valence-corrected chi connectivity index (χ3v) is 2.79. The van der Waals surface area contributed by atoms with E-state index in [0.717, 1.165) is 28.5 Å². The standard InChI is InChI=1S/C11H13BrO2/c1-8(7-13)11-4-3-10(14-2)5-9(11)6-12/h3-5,7-8H,6H2,1-2H3. The summed E-state index contributed by atoms with van der Waals surface area (Å²) in [5.41, 5.74) is 2.15. The van der Waals surface area contributed by atoms with Crippen molar-refractivity contribution >= 4 is 22.2 Å². The van der Waals surface area contributed by atoms with Gasteiger partial charge in [0.1, 0.15) is 12.0 Å². The molecule has 3 heteroatoms. The molecular formula is C11H13BrO2. The first kappa shape index (κ1) is 11.2. The Labute approximate surface area is 92.4 Å². The Morgan fingerprint density at radius 3 is 2.79 bits per heavy atom. The highest BCUT2D eigenvalue weighted by atomic mass is 79.9. The second-order valence-corrected chi connectivity index (χ2v) is 3.68. The van der Waals surface area contributed by atoms with Gasteiger partial charge < -0.3 is 9.53 Å². The van der Waals surface area contributed by atoms with Crippen LogP contribution >= 0.6 is 15.9 Å². The lowest BCUT2D eigenvalue weighted by Crippen LogP contribution is -1.99. The molecule has 2 nitrogen and oxygen atoms in total. The van der Waals surface area contributed by atoms with Gasteiger partial charge in [0, 0.05) is 11.2 Å². The molecular weight excluding hydrogens is 244 g/mol. The fourth-order valence-corrected chi connectivity index (χ4v) is 1.83. The zero-order valence-corrected chi connectivity index (χ0v) is 9.87. The van der Waals surface area contributed by atoms with E-state index < -0.39 is 0 Å². The molecule has 1 aromatic carbocycles. The third kappa shape index (κ3) is 2.35. The van der Waals surface area contributed by atoms with Gasteiger partial charge in [-0.2, -0.15) is 0 Å². The largest absolute Gasteiger partial charge is 0.497 e. The van der Waals surface area contributed by atoms with Crippen LogP contribution < -0.4 is 4.74 Å². The van der Waals surface area contributed by atoms with Gasteiger partial charge in [-0.25, -0.2) is 0 Å². The van der Waals surface area contributed by atoms with E-state index in [1.807, 2.05) is 25.1 Å². The van der Waals surface area contributed by atoms with E-state index in [1.165, 1.54) is 0 Å². The number of ether oxygens (including phenoxy) is 1. The summed E-state index contributed by atoms with van der Waals surface area (Å²) in [5.74, 6) is 0.759. The normalized spacial score (nSPS) is 12.2. The van der Waals surface area contributed by atoms with E-state index in [9.17, 15) is 4.79 Å². The molecule has 0 saturated carbocycles. The van der Waals surface area contributed by atoms with Crippen LogP contribution in [0, 0.1) is 0 Å². The lowest BCUT2D eigenvalue weighted by Gasteiger charge is -2.11. The van der Waals surface area contributed by atoms with E-state index in [0.29, 0.717) is 0 Å². The van der Waals surface area contributed by atoms with Gasteiger partial charge in [-0.15, -0.1) is 0 Å². The van der Waals surface area contributed by atoms with Crippen LogP contribution in [0.4, 0.5) is 0 Å². The first-order chi connectivity index (χ1) is 6.72. The molecule has 76 valence electrons. The van der Waals surface area contributed by atoms with Crippen LogP contribution in [0.1, 0.15) is 24.0 Å². The maximum Gasteiger partial charge on any atom is 0.127 e. The Kier molecular flexibility index (Phi) is 4.14. The Morgan fingerprint density at radius 1 is 1.57 bits per heavy atom. The summed E-state index contributed by atoms with van der Waals surface area (Å²) < 4.78 is 5.12. The molecule has 1 rings (SSSR count). The molecule has 0 amide bonds. The van der Waals surface area contributed by atoms with Gasteiger partial charge in [0.25, 0.3) is 0 Å². The minimum Gasteiger partial charge on any atom is -0.497 e. The van der Waals surface area contributed by atoms with Gasteiger partial charge >= 0.3 is 0 Å². The number of hydrogen-bond donors (Lipinski definition) is 0. The highest BCUT2D eigenvalue weighted by molar-refractivity contribution is 9.08. The first-order valence-electron chi connectivity index (χ1n) is 4.41. The molecule has 0 fully saturated rings. The predicted octanol–water partition coefficient (Wildman–Crippen LogP) is 2.89. The van der Waals surface area contributed by atoms with Gasteiger partial charge in [0.05, 0.1) is 7.11 Å². The smallest absolute Gasteiger partial charge is 0.127 e. The average Bonchev–Trinajstić information content (AvgIpc) is 2.27. The van der Waals surface area contributed by atoms with E-state index in [-0.39, 0.29) is 5.92 Å². The van der Waals surface area contributed by atoms with Crippen LogP contribution in [0.25, 0.3) is 0 Å². The molecule has 0 bridgehead atoms. The van der Waals surface area contributed by atoms with Crippen LogP contribution in [-0.4, -0.2) is 13.4 Å². The van der Waals surface area contributed by atoms with Crippen molar-refractivity contribution in [1.29, 1.82) is 0 Å². The van der Waals surface area contributed by atoms with Crippen molar-refractivity contribution in [3.05, 3.63) is 29.3 Å². The molecule has 0 aliphatic rings. The predicted molar refractivity (Wildman–Crippen MR) is 60.1 cm³/mol. The molecule has 1 aromatic rings. The average molecular weight is 257 g/mol. The maximum atomic E-state index is 10.7. The number of hydrogen-bond acceptors (Lipinski definition) is 2. The number of carbonyl (C=O) groups is 1. The summed E-state index contributed by atoms with van der Waals surface area (Å²) >= 11 is 3.40. The number of halogens is 1. The molecule has 0 spiro atoms. The summed E-state index contributed by atoms with van der Waals surface area (Å²) in [6.07, 6.45) is 0.952. The van der Waals surface area contributed by atoms with Crippen molar-refractivity contribution in [2.45, 2.75) is 18.2 Å². The van der Waals surface area contributed by atoms with Crippen LogP contribution in [0.3, 0.4) is 0 Å². The van der Waals surface area contributed by atoms with Gasteiger partial charge in [-0.05, 0) is 23.3 Å². The SMILES string of the molecule is COc1ccc(C(C)C=O)c(CBr)c1. The summed E-state index contributed by atoms with van der Waals surface area (Å²) in [7, 11) is 1.64. The Bertz CT molecular complexity index is 323. The van der Waals surface area contributed by atoms with E-state index >= 15 is 0 Å². The second-order valence-electron chi connectivity index (χ2n) is 3.12. The van der Waals surface area contributed by atoms with Gasteiger partial charge in [0.15, 0.2) is 0 Å². The quantitative estimate of drug-likeness (QED) is 0.612. The number of methoxy groups -OCH3 is 1. The molecule has 0 heterocycles. The fraction of sp³-hybridized carbons (Fsp3) is 0.364. The van der Waals surface area contributed by atoms with Crippen molar-refractivity contribution in [1.82, 2.24) is 0 Å². The zero-order valence-electron chi connectivity index (χ0n) is 8.29. The lowest BCUT2D eigenvalue weighted by atomic mass is 9.97. The molecule has 1 atom stereocenters. The van der Waals surface area contributed by atoms with Crippen molar-refractivity contribution in [3.8, 4) is 5.75 Å². The molecule has 1 unspecified atom stereocenters. The zero-order chi connectivity index (χ0) is 10.6. The Balaban J connectivity index is 3.10. The van der Waals surface area contributed by atoms with Crippen LogP contribution in [0.2, 0.25) is 0 Å². The van der Waals surface area contributed by atoms with E-state index in [4.69, 9.17) is 4.74 Å².